The highest BCUT2D eigenvalue weighted by Gasteiger charge is 2.30. The molecule has 2 aromatic rings. The second kappa shape index (κ2) is 16.8. The van der Waals surface area contributed by atoms with Crippen molar-refractivity contribution in [3.8, 4) is 0 Å². The highest BCUT2D eigenvalue weighted by molar-refractivity contribution is 5.90. The number of carbonyl (C=O) groups excluding carboxylic acids is 1. The maximum atomic E-state index is 13.3. The number of hydroxylamine groups is 3. The number of carboxylic acids is 1. The number of amides is 1. The molecular weight excluding hydrogens is 521 g/mol. The molecule has 6 nitrogen and oxygen atoms in total. The molecular formula is C31H41F3N2O4. The van der Waals surface area contributed by atoms with Crippen molar-refractivity contribution in [2.24, 2.45) is 0 Å². The number of allylic oxidation sites excluding steroid dienone is 2. The lowest BCUT2D eigenvalue weighted by Gasteiger charge is -2.41. The molecule has 0 heterocycles. The van der Waals surface area contributed by atoms with Gasteiger partial charge in [0.25, 0.3) is 0 Å². The van der Waals surface area contributed by atoms with Crippen LogP contribution in [0.5, 0.6) is 0 Å². The van der Waals surface area contributed by atoms with Gasteiger partial charge >= 0.3 is 12.1 Å². The molecule has 2 N–H and O–H groups in total. The number of aliphatic carboxylic acids is 1. The Morgan fingerprint density at radius 3 is 1.93 bits per heavy atom. The van der Waals surface area contributed by atoms with Crippen molar-refractivity contribution < 1.29 is 32.5 Å². The van der Waals surface area contributed by atoms with E-state index in [1.165, 1.54) is 31.4 Å². The van der Waals surface area contributed by atoms with Crippen LogP contribution < -0.4 is 5.32 Å². The van der Waals surface area contributed by atoms with Gasteiger partial charge in [-0.05, 0) is 49.9 Å². The van der Waals surface area contributed by atoms with Crippen LogP contribution in [0.1, 0.15) is 87.8 Å². The molecule has 0 fully saturated rings. The number of rotatable bonds is 18. The van der Waals surface area contributed by atoms with Crippen molar-refractivity contribution in [1.82, 2.24) is 0 Å². The smallest absolute Gasteiger partial charge is 0.416 e. The zero-order valence-electron chi connectivity index (χ0n) is 23.2. The van der Waals surface area contributed by atoms with Crippen LogP contribution in [-0.2, 0) is 28.9 Å². The molecule has 0 radical (unpaired) electrons. The zero-order chi connectivity index (χ0) is 29.4. The topological polar surface area (TPSA) is 89.5 Å². The van der Waals surface area contributed by atoms with Gasteiger partial charge in [0.15, 0.2) is 6.54 Å². The number of anilines is 1. The summed E-state index contributed by atoms with van der Waals surface area (Å²) in [7, 11) is 0. The molecule has 0 bridgehead atoms. The van der Waals surface area contributed by atoms with Crippen molar-refractivity contribution in [3.63, 3.8) is 0 Å². The van der Waals surface area contributed by atoms with Crippen molar-refractivity contribution >= 4 is 17.6 Å². The number of halogens is 3. The lowest BCUT2D eigenvalue weighted by Crippen LogP contribution is -2.44. The van der Waals surface area contributed by atoms with Crippen LogP contribution in [0.3, 0.4) is 0 Å². The summed E-state index contributed by atoms with van der Waals surface area (Å²) in [6, 6.07) is 10.8. The number of alkyl halides is 3. The van der Waals surface area contributed by atoms with Gasteiger partial charge in [0.1, 0.15) is 13.1 Å². The molecule has 0 aliphatic heterocycles. The predicted octanol–water partition coefficient (Wildman–Crippen LogP) is 8.22. The fourth-order valence-electron chi connectivity index (χ4n) is 4.43. The first-order valence-corrected chi connectivity index (χ1v) is 14.0. The lowest BCUT2D eigenvalue weighted by atomic mass is 10.1. The molecule has 40 heavy (non-hydrogen) atoms. The number of unbranched alkanes of at least 4 members (excludes halogenated alkanes) is 7. The van der Waals surface area contributed by atoms with Gasteiger partial charge in [-0.15, -0.1) is 0 Å². The fraction of sp³-hybridized carbons (Fsp3) is 0.484. The van der Waals surface area contributed by atoms with E-state index in [1.54, 1.807) is 24.3 Å². The summed E-state index contributed by atoms with van der Waals surface area (Å²) in [6.07, 6.45) is 10.4. The second-order valence-corrected chi connectivity index (χ2v) is 10.3. The molecule has 1 amide bonds. The van der Waals surface area contributed by atoms with Crippen LogP contribution in [-0.4, -0.2) is 28.2 Å². The number of carboxylic acid groups (broad SMARTS) is 1. The van der Waals surface area contributed by atoms with E-state index in [1.807, 2.05) is 0 Å². The van der Waals surface area contributed by atoms with E-state index < -0.39 is 28.9 Å². The Morgan fingerprint density at radius 1 is 0.850 bits per heavy atom. The van der Waals surface area contributed by atoms with E-state index in [0.717, 1.165) is 50.7 Å². The Bertz CT molecular complexity index is 1070. The zero-order valence-corrected chi connectivity index (χ0v) is 23.2. The summed E-state index contributed by atoms with van der Waals surface area (Å²) >= 11 is 0. The van der Waals surface area contributed by atoms with Gasteiger partial charge in [0, 0.05) is 23.2 Å². The SMILES string of the molecule is CCCC/C=C\CCCCCCCC(=O)Nc1ccc(C[N+]([O-])(CC(=O)O)Cc2ccc(C(F)(F)F)cc2)cc1. The summed E-state index contributed by atoms with van der Waals surface area (Å²) in [6.45, 7) is 0.971. The standard InChI is InChI=1S/C31H41F3N2O4/c1-2-3-4-5-6-7-8-9-10-11-12-13-29(37)35-28-20-16-26(17-21-28)23-36(40,24-30(38)39)22-25-14-18-27(19-15-25)31(32,33)34/h5-6,14-21H,2-4,7-13,22-24H2,1H3,(H,35,37)(H,38,39)/b6-5-. The van der Waals surface area contributed by atoms with Gasteiger partial charge in [-0.3, -0.25) is 4.79 Å². The molecule has 0 aliphatic rings. The van der Waals surface area contributed by atoms with Crippen LogP contribution >= 0.6 is 0 Å². The first-order valence-electron chi connectivity index (χ1n) is 14.0. The minimum Gasteiger partial charge on any atom is -0.632 e. The van der Waals surface area contributed by atoms with E-state index in [2.05, 4.69) is 24.4 Å². The Morgan fingerprint density at radius 2 is 1.38 bits per heavy atom. The molecule has 0 saturated carbocycles. The van der Waals surface area contributed by atoms with Crippen molar-refractivity contribution in [1.29, 1.82) is 0 Å². The highest BCUT2D eigenvalue weighted by Crippen LogP contribution is 2.30. The van der Waals surface area contributed by atoms with Gasteiger partial charge in [0.05, 0.1) is 5.56 Å². The van der Waals surface area contributed by atoms with E-state index in [9.17, 15) is 33.1 Å². The number of nitrogens with one attached hydrogen (secondary N) is 1. The van der Waals surface area contributed by atoms with Crippen molar-refractivity contribution in [2.75, 3.05) is 11.9 Å². The maximum Gasteiger partial charge on any atom is 0.416 e. The first kappa shape index (κ1) is 33.0. The molecule has 0 saturated heterocycles. The molecule has 2 aromatic carbocycles. The molecule has 9 heteroatoms. The molecule has 1 unspecified atom stereocenters. The monoisotopic (exact) mass is 562 g/mol. The van der Waals surface area contributed by atoms with Gasteiger partial charge in [0.2, 0.25) is 5.91 Å². The summed E-state index contributed by atoms with van der Waals surface area (Å²) in [5.41, 5.74) is 0.611. The molecule has 0 aromatic heterocycles. The van der Waals surface area contributed by atoms with Crippen LogP contribution in [0.2, 0.25) is 0 Å². The van der Waals surface area contributed by atoms with Crippen LogP contribution in [0, 0.1) is 5.21 Å². The number of benzene rings is 2. The van der Waals surface area contributed by atoms with Crippen molar-refractivity contribution in [2.45, 2.75) is 90.4 Å². The third kappa shape index (κ3) is 13.3. The molecule has 2 rings (SSSR count). The van der Waals surface area contributed by atoms with Crippen LogP contribution in [0.4, 0.5) is 18.9 Å². The lowest BCUT2D eigenvalue weighted by molar-refractivity contribution is -0.900. The van der Waals surface area contributed by atoms with Gasteiger partial charge in [-0.25, -0.2) is 4.79 Å². The van der Waals surface area contributed by atoms with E-state index in [-0.39, 0.29) is 19.0 Å². The molecule has 1 atom stereocenters. The third-order valence-corrected chi connectivity index (χ3v) is 6.55. The highest BCUT2D eigenvalue weighted by atomic mass is 19.4. The van der Waals surface area contributed by atoms with Crippen LogP contribution in [0.25, 0.3) is 0 Å². The number of carbonyl (C=O) groups is 2. The van der Waals surface area contributed by atoms with Gasteiger partial charge < -0.3 is 20.3 Å². The number of quaternary nitrogens is 1. The van der Waals surface area contributed by atoms with Crippen LogP contribution in [0.15, 0.2) is 60.7 Å². The van der Waals surface area contributed by atoms with Crippen molar-refractivity contribution in [3.05, 3.63) is 82.6 Å². The minimum atomic E-state index is -4.49. The number of hydrogen-bond acceptors (Lipinski definition) is 3. The molecule has 0 aliphatic carbocycles. The Labute approximate surface area is 235 Å². The summed E-state index contributed by atoms with van der Waals surface area (Å²) in [5.74, 6) is -1.39. The quantitative estimate of drug-likeness (QED) is 0.0829. The predicted molar refractivity (Wildman–Crippen MR) is 151 cm³/mol. The minimum absolute atomic E-state index is 0.0891. The van der Waals surface area contributed by atoms with E-state index in [0.29, 0.717) is 23.2 Å². The normalized spacial score (nSPS) is 13.3. The Kier molecular flexibility index (Phi) is 13.9. The fourth-order valence-corrected chi connectivity index (χ4v) is 4.43. The summed E-state index contributed by atoms with van der Waals surface area (Å²) < 4.78 is 37.3. The Hall–Kier alpha value is -3.17. The Balaban J connectivity index is 1.79. The average molecular weight is 563 g/mol. The number of hydrogen-bond donors (Lipinski definition) is 2. The van der Waals surface area contributed by atoms with Gasteiger partial charge in [-0.1, -0.05) is 75.4 Å². The maximum absolute atomic E-state index is 13.3. The van der Waals surface area contributed by atoms with Gasteiger partial charge in [-0.2, -0.15) is 13.2 Å². The third-order valence-electron chi connectivity index (χ3n) is 6.55. The largest absolute Gasteiger partial charge is 0.632 e. The number of nitrogens with zero attached hydrogens (tertiary/aromatic N) is 1. The van der Waals surface area contributed by atoms with E-state index in [4.69, 9.17) is 0 Å². The second-order valence-electron chi connectivity index (χ2n) is 10.3. The average Bonchev–Trinajstić information content (AvgIpc) is 2.87. The molecule has 220 valence electrons. The molecule has 0 spiro atoms. The summed E-state index contributed by atoms with van der Waals surface area (Å²) in [4.78, 5) is 23.6. The summed E-state index contributed by atoms with van der Waals surface area (Å²) in [5, 5.41) is 25.4. The first-order chi connectivity index (χ1) is 19.0. The van der Waals surface area contributed by atoms with E-state index >= 15 is 0 Å².